The van der Waals surface area contributed by atoms with E-state index in [0.717, 1.165) is 19.4 Å². The summed E-state index contributed by atoms with van der Waals surface area (Å²) in [7, 11) is 1.54. The molecule has 0 radical (unpaired) electrons. The molecule has 4 nitrogen and oxygen atoms in total. The van der Waals surface area contributed by atoms with Gasteiger partial charge in [-0.05, 0) is 24.8 Å². The third-order valence-electron chi connectivity index (χ3n) is 4.64. The van der Waals surface area contributed by atoms with Crippen LogP contribution in [0.1, 0.15) is 18.4 Å². The van der Waals surface area contributed by atoms with Gasteiger partial charge in [0, 0.05) is 37.4 Å². The zero-order valence-electron chi connectivity index (χ0n) is 12.3. The summed E-state index contributed by atoms with van der Waals surface area (Å²) in [6.07, 6.45) is 2.01. The van der Waals surface area contributed by atoms with Gasteiger partial charge in [0.15, 0.2) is 0 Å². The molecule has 1 aliphatic carbocycles. The summed E-state index contributed by atoms with van der Waals surface area (Å²) in [5.74, 6) is 0.618. The fraction of sp³-hybridized carbons (Fsp3) is 0.625. The lowest BCUT2D eigenvalue weighted by Crippen LogP contribution is -2.48. The average molecular weight is 295 g/mol. The number of hydrogen-bond acceptors (Lipinski definition) is 4. The molecule has 1 saturated heterocycles. The van der Waals surface area contributed by atoms with Crippen molar-refractivity contribution in [1.82, 2.24) is 4.90 Å². The zero-order valence-corrected chi connectivity index (χ0v) is 12.3. The Morgan fingerprint density at radius 1 is 1.43 bits per heavy atom. The second kappa shape index (κ2) is 6.30. The van der Waals surface area contributed by atoms with Gasteiger partial charge in [-0.1, -0.05) is 6.07 Å². The third kappa shape index (κ3) is 3.05. The number of morpholine rings is 1. The highest BCUT2D eigenvalue weighted by atomic mass is 19.1. The normalized spacial score (nSPS) is 29.4. The quantitative estimate of drug-likeness (QED) is 0.920. The molecule has 116 valence electrons. The molecule has 1 aromatic carbocycles. The number of aliphatic hydroxyl groups is 1. The Morgan fingerprint density at radius 3 is 3.00 bits per heavy atom. The van der Waals surface area contributed by atoms with E-state index in [9.17, 15) is 9.50 Å². The standard InChI is InChI=1S/C16H22FNO3/c1-20-13-3-2-12(14(17)8-13)9-18-4-5-21-16-7-11(10-19)6-15(16)18/h2-3,8,11,15-16,19H,4-7,9-10H2,1H3/t11-,15+,16?/m1/s1. The number of halogens is 1. The van der Waals surface area contributed by atoms with Crippen molar-refractivity contribution in [3.63, 3.8) is 0 Å². The van der Waals surface area contributed by atoms with Crippen LogP contribution in [0.15, 0.2) is 18.2 Å². The molecule has 1 unspecified atom stereocenters. The van der Waals surface area contributed by atoms with Gasteiger partial charge in [0.05, 0.1) is 19.8 Å². The Bertz CT molecular complexity index is 496. The van der Waals surface area contributed by atoms with Gasteiger partial charge in [-0.3, -0.25) is 4.90 Å². The van der Waals surface area contributed by atoms with Crippen LogP contribution in [0.2, 0.25) is 0 Å². The number of fused-ring (bicyclic) bond motifs is 1. The molecule has 5 heteroatoms. The topological polar surface area (TPSA) is 41.9 Å². The third-order valence-corrected chi connectivity index (χ3v) is 4.64. The summed E-state index contributed by atoms with van der Waals surface area (Å²) in [6.45, 7) is 2.28. The van der Waals surface area contributed by atoms with Crippen molar-refractivity contribution in [1.29, 1.82) is 0 Å². The predicted molar refractivity (Wildman–Crippen MR) is 76.7 cm³/mol. The lowest BCUT2D eigenvalue weighted by molar-refractivity contribution is -0.0593. The van der Waals surface area contributed by atoms with Gasteiger partial charge in [0.1, 0.15) is 11.6 Å². The molecule has 21 heavy (non-hydrogen) atoms. The molecule has 0 aromatic heterocycles. The summed E-state index contributed by atoms with van der Waals surface area (Å²) < 4.78 is 24.9. The molecule has 0 spiro atoms. The highest BCUT2D eigenvalue weighted by molar-refractivity contribution is 5.29. The Labute approximate surface area is 124 Å². The maximum Gasteiger partial charge on any atom is 0.131 e. The van der Waals surface area contributed by atoms with Crippen LogP contribution in [0.5, 0.6) is 5.75 Å². The van der Waals surface area contributed by atoms with Gasteiger partial charge in [0.25, 0.3) is 0 Å². The van der Waals surface area contributed by atoms with E-state index in [0.29, 0.717) is 30.4 Å². The Kier molecular flexibility index (Phi) is 4.42. The first-order chi connectivity index (χ1) is 10.2. The molecule has 1 N–H and O–H groups in total. The van der Waals surface area contributed by atoms with Crippen molar-refractivity contribution in [3.8, 4) is 5.75 Å². The molecule has 2 fully saturated rings. The van der Waals surface area contributed by atoms with Gasteiger partial charge in [-0.2, -0.15) is 0 Å². The zero-order chi connectivity index (χ0) is 14.8. The van der Waals surface area contributed by atoms with E-state index in [-0.39, 0.29) is 24.6 Å². The van der Waals surface area contributed by atoms with Crippen molar-refractivity contribution >= 4 is 0 Å². The first-order valence-electron chi connectivity index (χ1n) is 7.50. The molecule has 1 aliphatic heterocycles. The van der Waals surface area contributed by atoms with Crippen LogP contribution >= 0.6 is 0 Å². The summed E-state index contributed by atoms with van der Waals surface area (Å²) in [5, 5.41) is 9.34. The Hall–Kier alpha value is -1.17. The molecule has 3 atom stereocenters. The number of ether oxygens (including phenoxy) is 2. The minimum atomic E-state index is -0.228. The minimum Gasteiger partial charge on any atom is -0.497 e. The summed E-state index contributed by atoms with van der Waals surface area (Å²) in [4.78, 5) is 2.29. The molecular weight excluding hydrogens is 273 g/mol. The Morgan fingerprint density at radius 2 is 2.29 bits per heavy atom. The van der Waals surface area contributed by atoms with Crippen LogP contribution in [0, 0.1) is 11.7 Å². The number of nitrogens with zero attached hydrogens (tertiary/aromatic N) is 1. The SMILES string of the molecule is COc1ccc(CN2CCOC3C[C@H](CO)C[C@@H]32)c(F)c1. The second-order valence-electron chi connectivity index (χ2n) is 5.92. The van der Waals surface area contributed by atoms with Crippen LogP contribution in [0.3, 0.4) is 0 Å². The van der Waals surface area contributed by atoms with Gasteiger partial charge in [-0.25, -0.2) is 4.39 Å². The van der Waals surface area contributed by atoms with Gasteiger partial charge in [-0.15, -0.1) is 0 Å². The van der Waals surface area contributed by atoms with Crippen LogP contribution in [-0.2, 0) is 11.3 Å². The smallest absolute Gasteiger partial charge is 0.131 e. The van der Waals surface area contributed by atoms with Crippen molar-refractivity contribution in [2.45, 2.75) is 31.5 Å². The molecule has 3 rings (SSSR count). The van der Waals surface area contributed by atoms with Gasteiger partial charge >= 0.3 is 0 Å². The van der Waals surface area contributed by atoms with Crippen molar-refractivity contribution in [2.24, 2.45) is 5.92 Å². The van der Waals surface area contributed by atoms with E-state index in [1.807, 2.05) is 0 Å². The number of aliphatic hydroxyl groups excluding tert-OH is 1. The van der Waals surface area contributed by atoms with E-state index in [1.54, 1.807) is 12.1 Å². The maximum absolute atomic E-state index is 14.1. The largest absolute Gasteiger partial charge is 0.497 e. The molecule has 0 amide bonds. The fourth-order valence-corrected chi connectivity index (χ4v) is 3.47. The first kappa shape index (κ1) is 14.8. The highest BCUT2D eigenvalue weighted by Gasteiger charge is 2.40. The van der Waals surface area contributed by atoms with Crippen LogP contribution < -0.4 is 4.74 Å². The molecule has 1 heterocycles. The molecule has 2 aliphatic rings. The minimum absolute atomic E-state index is 0.178. The van der Waals surface area contributed by atoms with E-state index < -0.39 is 0 Å². The van der Waals surface area contributed by atoms with E-state index in [1.165, 1.54) is 13.2 Å². The summed E-state index contributed by atoms with van der Waals surface area (Å²) in [5.41, 5.74) is 0.684. The van der Waals surface area contributed by atoms with Gasteiger partial charge in [0.2, 0.25) is 0 Å². The highest BCUT2D eigenvalue weighted by Crippen LogP contribution is 2.35. The molecule has 1 saturated carbocycles. The predicted octanol–water partition coefficient (Wildman–Crippen LogP) is 1.81. The summed E-state index contributed by atoms with van der Waals surface area (Å²) >= 11 is 0. The lowest BCUT2D eigenvalue weighted by atomic mass is 10.1. The van der Waals surface area contributed by atoms with E-state index in [2.05, 4.69) is 4.90 Å². The van der Waals surface area contributed by atoms with Crippen molar-refractivity contribution in [3.05, 3.63) is 29.6 Å². The van der Waals surface area contributed by atoms with E-state index in [4.69, 9.17) is 9.47 Å². The van der Waals surface area contributed by atoms with Crippen LogP contribution in [0.4, 0.5) is 4.39 Å². The van der Waals surface area contributed by atoms with Gasteiger partial charge < -0.3 is 14.6 Å². The lowest BCUT2D eigenvalue weighted by Gasteiger charge is -2.37. The van der Waals surface area contributed by atoms with Crippen molar-refractivity contribution < 1.29 is 19.0 Å². The Balaban J connectivity index is 1.72. The number of hydrogen-bond donors (Lipinski definition) is 1. The van der Waals surface area contributed by atoms with Crippen molar-refractivity contribution in [2.75, 3.05) is 26.9 Å². The fourth-order valence-electron chi connectivity index (χ4n) is 3.47. The molecule has 1 aromatic rings. The van der Waals surface area contributed by atoms with Crippen LogP contribution in [0.25, 0.3) is 0 Å². The first-order valence-corrected chi connectivity index (χ1v) is 7.50. The average Bonchev–Trinajstić information content (AvgIpc) is 2.93. The van der Waals surface area contributed by atoms with Crippen LogP contribution in [-0.4, -0.2) is 49.0 Å². The number of rotatable bonds is 4. The monoisotopic (exact) mass is 295 g/mol. The second-order valence-corrected chi connectivity index (χ2v) is 5.92. The number of benzene rings is 1. The van der Waals surface area contributed by atoms with E-state index >= 15 is 0 Å². The summed E-state index contributed by atoms with van der Waals surface area (Å²) in [6, 6.07) is 5.30. The molecular formula is C16H22FNO3. The number of methoxy groups -OCH3 is 1. The maximum atomic E-state index is 14.1. The molecule has 0 bridgehead atoms.